The van der Waals surface area contributed by atoms with E-state index in [-0.39, 0.29) is 17.4 Å². The fraction of sp³-hybridized carbons (Fsp3) is 0.176. The van der Waals surface area contributed by atoms with Gasteiger partial charge in [-0.3, -0.25) is 9.36 Å². The predicted molar refractivity (Wildman–Crippen MR) is 104 cm³/mol. The normalized spacial score (nSPS) is 10.7. The zero-order valence-corrected chi connectivity index (χ0v) is 15.7. The van der Waals surface area contributed by atoms with Gasteiger partial charge in [-0.25, -0.2) is 4.98 Å². The van der Waals surface area contributed by atoms with E-state index in [1.54, 1.807) is 30.5 Å². The highest BCUT2D eigenvalue weighted by Gasteiger charge is 2.17. The zero-order valence-electron chi connectivity index (χ0n) is 14.0. The molecule has 2 heterocycles. The fourth-order valence-electron chi connectivity index (χ4n) is 2.25. The number of phenols is 1. The van der Waals surface area contributed by atoms with Gasteiger partial charge in [0, 0.05) is 17.6 Å². The Balaban J connectivity index is 1.74. The van der Waals surface area contributed by atoms with Gasteiger partial charge in [-0.1, -0.05) is 30.0 Å². The molecule has 1 amide bonds. The highest BCUT2D eigenvalue weighted by Crippen LogP contribution is 2.30. The minimum atomic E-state index is -0.165. The molecule has 0 fully saturated rings. The predicted octanol–water partition coefficient (Wildman–Crippen LogP) is 3.33. The lowest BCUT2D eigenvalue weighted by molar-refractivity contribution is -0.113. The Morgan fingerprint density at radius 1 is 1.42 bits per heavy atom. The Bertz CT molecular complexity index is 935. The summed E-state index contributed by atoms with van der Waals surface area (Å²) < 4.78 is 1.81. The smallest absolute Gasteiger partial charge is 0.236 e. The van der Waals surface area contributed by atoms with E-state index < -0.39 is 0 Å². The van der Waals surface area contributed by atoms with Crippen LogP contribution in [0.1, 0.15) is 4.88 Å². The lowest BCUT2D eigenvalue weighted by atomic mass is 10.2. The van der Waals surface area contributed by atoms with Crippen LogP contribution >= 0.6 is 23.1 Å². The number of aromatic hydroxyl groups is 1. The largest absolute Gasteiger partial charge is 0.507 e. The van der Waals surface area contributed by atoms with E-state index in [2.05, 4.69) is 27.1 Å². The van der Waals surface area contributed by atoms with Crippen molar-refractivity contribution in [1.82, 2.24) is 19.7 Å². The molecule has 0 aliphatic rings. The Labute approximate surface area is 158 Å². The van der Waals surface area contributed by atoms with Crippen LogP contribution in [0.15, 0.2) is 48.3 Å². The number of nitrogens with zero attached hydrogens (tertiary/aromatic N) is 4. The van der Waals surface area contributed by atoms with Gasteiger partial charge in [-0.2, -0.15) is 0 Å². The average molecular weight is 387 g/mol. The number of nitrogens with one attached hydrogen (secondary N) is 1. The molecule has 0 aliphatic carbocycles. The van der Waals surface area contributed by atoms with Crippen molar-refractivity contribution in [3.8, 4) is 17.1 Å². The maximum absolute atomic E-state index is 12.1. The number of benzene rings is 1. The van der Waals surface area contributed by atoms with Gasteiger partial charge in [-0.15, -0.1) is 28.1 Å². The summed E-state index contributed by atoms with van der Waals surface area (Å²) >= 11 is 2.69. The van der Waals surface area contributed by atoms with E-state index >= 15 is 0 Å². The molecule has 0 aliphatic heterocycles. The van der Waals surface area contributed by atoms with Gasteiger partial charge in [0.15, 0.2) is 16.1 Å². The number of hydrogen-bond acceptors (Lipinski definition) is 7. The van der Waals surface area contributed by atoms with Gasteiger partial charge in [0.1, 0.15) is 5.75 Å². The first-order valence-electron chi connectivity index (χ1n) is 7.76. The molecule has 0 saturated heterocycles. The summed E-state index contributed by atoms with van der Waals surface area (Å²) in [4.78, 5) is 17.3. The fourth-order valence-corrected chi connectivity index (χ4v) is 3.68. The van der Waals surface area contributed by atoms with E-state index in [1.165, 1.54) is 23.1 Å². The van der Waals surface area contributed by atoms with Gasteiger partial charge in [0.25, 0.3) is 0 Å². The highest BCUT2D eigenvalue weighted by molar-refractivity contribution is 7.99. The average Bonchev–Trinajstić information content (AvgIpc) is 3.20. The van der Waals surface area contributed by atoms with Crippen molar-refractivity contribution in [1.29, 1.82) is 0 Å². The third kappa shape index (κ3) is 4.12. The van der Waals surface area contributed by atoms with Gasteiger partial charge < -0.3 is 10.4 Å². The highest BCUT2D eigenvalue weighted by atomic mass is 32.2. The molecule has 2 aromatic heterocycles. The number of phenolic OH excluding ortho intramolecular Hbond substituents is 1. The second-order valence-corrected chi connectivity index (χ2v) is 7.51. The van der Waals surface area contributed by atoms with Crippen LogP contribution in [0.2, 0.25) is 0 Å². The second kappa shape index (κ2) is 8.15. The Kier molecular flexibility index (Phi) is 5.69. The molecule has 1 aromatic carbocycles. The molecule has 3 rings (SSSR count). The molecule has 9 heteroatoms. The Morgan fingerprint density at radius 3 is 2.92 bits per heavy atom. The Morgan fingerprint density at radius 2 is 2.23 bits per heavy atom. The lowest BCUT2D eigenvalue weighted by Crippen LogP contribution is -2.14. The summed E-state index contributed by atoms with van der Waals surface area (Å²) in [7, 11) is 0. The van der Waals surface area contributed by atoms with E-state index in [0.29, 0.717) is 28.2 Å². The van der Waals surface area contributed by atoms with Crippen molar-refractivity contribution in [2.75, 3.05) is 11.1 Å². The van der Waals surface area contributed by atoms with E-state index in [0.717, 1.165) is 4.88 Å². The van der Waals surface area contributed by atoms with Crippen molar-refractivity contribution in [2.45, 2.75) is 18.6 Å². The zero-order chi connectivity index (χ0) is 18.5. The number of anilines is 1. The number of aryl methyl sites for hydroxylation is 1. The molecule has 134 valence electrons. The topological polar surface area (TPSA) is 92.9 Å². The molecule has 0 spiro atoms. The molecule has 0 bridgehead atoms. The minimum Gasteiger partial charge on any atom is -0.507 e. The molecule has 3 aromatic rings. The molecule has 0 radical (unpaired) electrons. The molecule has 26 heavy (non-hydrogen) atoms. The van der Waals surface area contributed by atoms with Gasteiger partial charge in [-0.05, 0) is 19.1 Å². The SMILES string of the molecule is C=CCn1c(SCC(=O)Nc2ncc(C)s2)nnc1-c1ccccc1O. The van der Waals surface area contributed by atoms with Gasteiger partial charge in [0.05, 0.1) is 11.3 Å². The lowest BCUT2D eigenvalue weighted by Gasteiger charge is -2.08. The molecular formula is C17H17N5O2S2. The number of amides is 1. The number of allylic oxidation sites excluding steroid dienone is 1. The summed E-state index contributed by atoms with van der Waals surface area (Å²) in [6, 6.07) is 6.93. The summed E-state index contributed by atoms with van der Waals surface area (Å²) in [5.74, 6) is 0.663. The number of hydrogen-bond donors (Lipinski definition) is 2. The molecule has 2 N–H and O–H groups in total. The number of carbonyl (C=O) groups is 1. The van der Waals surface area contributed by atoms with Crippen LogP contribution in [0.3, 0.4) is 0 Å². The second-order valence-electron chi connectivity index (χ2n) is 5.34. The van der Waals surface area contributed by atoms with Crippen LogP contribution in [0.25, 0.3) is 11.4 Å². The standard InChI is InChI=1S/C17H17N5O2S2/c1-3-8-22-15(12-6-4-5-7-13(12)23)20-21-17(22)25-10-14(24)19-16-18-9-11(2)26-16/h3-7,9,23H,1,8,10H2,2H3,(H,18,19,24). The van der Waals surface area contributed by atoms with Crippen LogP contribution in [-0.2, 0) is 11.3 Å². The third-order valence-corrected chi connectivity index (χ3v) is 5.17. The third-order valence-electron chi connectivity index (χ3n) is 3.37. The molecule has 0 saturated carbocycles. The number of thiazole rings is 1. The first kappa shape index (κ1) is 18.2. The van der Waals surface area contributed by atoms with Crippen molar-refractivity contribution < 1.29 is 9.90 Å². The van der Waals surface area contributed by atoms with Crippen LogP contribution in [0, 0.1) is 6.92 Å². The van der Waals surface area contributed by atoms with E-state index in [4.69, 9.17) is 0 Å². The summed E-state index contributed by atoms with van der Waals surface area (Å²) in [5, 5.41) is 22.3. The van der Waals surface area contributed by atoms with Crippen LogP contribution in [-0.4, -0.2) is 36.5 Å². The summed E-state index contributed by atoms with van der Waals surface area (Å²) in [6.07, 6.45) is 3.43. The number of aromatic nitrogens is 4. The molecule has 7 nitrogen and oxygen atoms in total. The van der Waals surface area contributed by atoms with Crippen molar-refractivity contribution >= 4 is 34.1 Å². The van der Waals surface area contributed by atoms with Crippen molar-refractivity contribution in [3.63, 3.8) is 0 Å². The van der Waals surface area contributed by atoms with Gasteiger partial charge in [0.2, 0.25) is 5.91 Å². The van der Waals surface area contributed by atoms with Crippen molar-refractivity contribution in [2.24, 2.45) is 0 Å². The number of thioether (sulfide) groups is 1. The summed E-state index contributed by atoms with van der Waals surface area (Å²) in [5.41, 5.74) is 0.580. The summed E-state index contributed by atoms with van der Waals surface area (Å²) in [6.45, 7) is 6.15. The molecule has 0 unspecified atom stereocenters. The first-order chi connectivity index (χ1) is 12.6. The van der Waals surface area contributed by atoms with Crippen LogP contribution < -0.4 is 5.32 Å². The quantitative estimate of drug-likeness (QED) is 0.477. The van der Waals surface area contributed by atoms with Crippen molar-refractivity contribution in [3.05, 3.63) is 48.0 Å². The molecule has 0 atom stereocenters. The van der Waals surface area contributed by atoms with Gasteiger partial charge >= 0.3 is 0 Å². The Hall–Kier alpha value is -2.65. The van der Waals surface area contributed by atoms with Crippen LogP contribution in [0.4, 0.5) is 5.13 Å². The number of rotatable bonds is 7. The number of carbonyl (C=O) groups excluding carboxylic acids is 1. The minimum absolute atomic E-state index is 0.124. The van der Waals surface area contributed by atoms with E-state index in [9.17, 15) is 9.90 Å². The number of para-hydroxylation sites is 1. The maximum atomic E-state index is 12.1. The maximum Gasteiger partial charge on any atom is 0.236 e. The first-order valence-corrected chi connectivity index (χ1v) is 9.56. The monoisotopic (exact) mass is 387 g/mol. The van der Waals surface area contributed by atoms with E-state index in [1.807, 2.05) is 17.6 Å². The molecular weight excluding hydrogens is 370 g/mol. The van der Waals surface area contributed by atoms with Crippen LogP contribution in [0.5, 0.6) is 5.75 Å².